The number of hydrogen-bond acceptors (Lipinski definition) is 5. The topological polar surface area (TPSA) is 119 Å². The van der Waals surface area contributed by atoms with Crippen molar-refractivity contribution in [2.24, 2.45) is 0 Å². The van der Waals surface area contributed by atoms with Crippen LogP contribution in [0.5, 0.6) is 0 Å². The summed E-state index contributed by atoms with van der Waals surface area (Å²) in [5.74, 6) is 0.243. The van der Waals surface area contributed by atoms with Gasteiger partial charge in [0.25, 0.3) is 11.7 Å². The van der Waals surface area contributed by atoms with Crippen LogP contribution in [0.4, 0.5) is 17.2 Å². The van der Waals surface area contributed by atoms with E-state index in [1.54, 1.807) is 12.1 Å². The van der Waals surface area contributed by atoms with E-state index in [1.807, 2.05) is 37.3 Å². The number of carbonyl (C=O) groups is 1. The van der Waals surface area contributed by atoms with Crippen LogP contribution in [0, 0.1) is 18.3 Å². The molecule has 0 fully saturated rings. The Balaban J connectivity index is 1.86. The summed E-state index contributed by atoms with van der Waals surface area (Å²) in [7, 11) is 0. The molecule has 6 nitrogen and oxygen atoms in total. The number of nitrogens with one attached hydrogen (secondary N) is 2. The molecule has 33 heavy (non-hydrogen) atoms. The van der Waals surface area contributed by atoms with Crippen LogP contribution in [0.2, 0.25) is 5.02 Å². The zero-order valence-corrected chi connectivity index (χ0v) is 20.0. The number of carbonyl (C=O) groups excluding carboxylic acids is 1. The third-order valence-electron chi connectivity index (χ3n) is 5.58. The highest BCUT2D eigenvalue weighted by Gasteiger charge is 2.26. The lowest BCUT2D eigenvalue weighted by Crippen LogP contribution is -2.13. The van der Waals surface area contributed by atoms with Gasteiger partial charge in [0.15, 0.2) is 4.83 Å². The Morgan fingerprint density at radius 3 is 2.48 bits per heavy atom. The molecule has 8 heteroatoms. The van der Waals surface area contributed by atoms with Gasteiger partial charge in [-0.1, -0.05) is 67.1 Å². The Hall–Kier alpha value is -3.60. The maximum absolute atomic E-state index is 13.1. The molecular formula is C25H23ClN5OS+. The summed E-state index contributed by atoms with van der Waals surface area (Å²) in [4.78, 5) is 17.1. The van der Waals surface area contributed by atoms with Crippen LogP contribution in [0.3, 0.4) is 0 Å². The highest BCUT2D eigenvalue weighted by molar-refractivity contribution is 7.21. The van der Waals surface area contributed by atoms with Gasteiger partial charge in [0.1, 0.15) is 16.5 Å². The number of halogens is 1. The van der Waals surface area contributed by atoms with Crippen LogP contribution in [0.1, 0.15) is 46.1 Å². The number of aromatic amines is 1. The van der Waals surface area contributed by atoms with Crippen molar-refractivity contribution < 1.29 is 9.78 Å². The summed E-state index contributed by atoms with van der Waals surface area (Å²) in [6.45, 7) is 6.12. The Labute approximate surface area is 200 Å². The second-order valence-corrected chi connectivity index (χ2v) is 9.57. The fraction of sp³-hybridized carbons (Fsp3) is 0.160. The van der Waals surface area contributed by atoms with Crippen LogP contribution in [0.25, 0.3) is 21.3 Å². The Kier molecular flexibility index (Phi) is 5.98. The van der Waals surface area contributed by atoms with Gasteiger partial charge in [-0.15, -0.1) is 0 Å². The number of hydrogen-bond donors (Lipinski definition) is 3. The molecular weight excluding hydrogens is 454 g/mol. The molecule has 2 heterocycles. The minimum Gasteiger partial charge on any atom is -0.397 e. The number of rotatable bonds is 4. The molecule has 166 valence electrons. The number of fused-ring (bicyclic) bond motifs is 1. The van der Waals surface area contributed by atoms with E-state index in [4.69, 9.17) is 23.1 Å². The number of nitrogen functional groups attached to an aromatic ring is 2. The third-order valence-corrected chi connectivity index (χ3v) is 7.10. The average molecular weight is 477 g/mol. The molecule has 0 spiro atoms. The number of nitriles is 1. The fourth-order valence-electron chi connectivity index (χ4n) is 3.69. The number of aryl methyl sites for hydroxylation is 1. The van der Waals surface area contributed by atoms with E-state index in [-0.39, 0.29) is 11.7 Å². The summed E-state index contributed by atoms with van der Waals surface area (Å²) >= 11 is 7.38. The lowest BCUT2D eigenvalue weighted by Gasteiger charge is -2.10. The van der Waals surface area contributed by atoms with Gasteiger partial charge in [0.2, 0.25) is 0 Å². The maximum Gasteiger partial charge on any atom is 0.290 e. The van der Waals surface area contributed by atoms with Crippen LogP contribution in [-0.2, 0) is 0 Å². The van der Waals surface area contributed by atoms with E-state index in [0.29, 0.717) is 48.5 Å². The molecule has 6 N–H and O–H groups in total. The Morgan fingerprint density at radius 1 is 1.18 bits per heavy atom. The van der Waals surface area contributed by atoms with E-state index >= 15 is 0 Å². The van der Waals surface area contributed by atoms with Gasteiger partial charge < -0.3 is 11.1 Å². The zero-order chi connectivity index (χ0) is 23.9. The average Bonchev–Trinajstić information content (AvgIpc) is 3.11. The quantitative estimate of drug-likeness (QED) is 0.347. The van der Waals surface area contributed by atoms with Crippen molar-refractivity contribution in [3.05, 3.63) is 69.1 Å². The van der Waals surface area contributed by atoms with E-state index in [9.17, 15) is 10.1 Å². The number of pyridine rings is 1. The summed E-state index contributed by atoms with van der Waals surface area (Å²) in [6.07, 6.45) is 0. The molecule has 0 saturated heterocycles. The zero-order valence-electron chi connectivity index (χ0n) is 18.4. The summed E-state index contributed by atoms with van der Waals surface area (Å²) in [6, 6.07) is 15.4. The number of anilines is 3. The van der Waals surface area contributed by atoms with Crippen molar-refractivity contribution in [2.45, 2.75) is 26.7 Å². The van der Waals surface area contributed by atoms with Crippen molar-refractivity contribution in [1.29, 1.82) is 5.26 Å². The number of aromatic nitrogens is 1. The monoisotopic (exact) mass is 476 g/mol. The van der Waals surface area contributed by atoms with Gasteiger partial charge in [-0.25, -0.2) is 4.98 Å². The minimum atomic E-state index is -0.361. The van der Waals surface area contributed by atoms with Crippen LogP contribution in [-0.4, -0.2) is 5.91 Å². The van der Waals surface area contributed by atoms with Crippen LogP contribution < -0.4 is 21.8 Å². The molecule has 2 aromatic heterocycles. The van der Waals surface area contributed by atoms with Crippen molar-refractivity contribution in [2.75, 3.05) is 16.8 Å². The molecule has 0 saturated carbocycles. The summed E-state index contributed by atoms with van der Waals surface area (Å²) < 4.78 is 0. The van der Waals surface area contributed by atoms with E-state index in [1.165, 1.54) is 16.9 Å². The fourth-order valence-corrected chi connectivity index (χ4v) is 4.91. The maximum atomic E-state index is 13.1. The van der Waals surface area contributed by atoms with Crippen molar-refractivity contribution >= 4 is 56.3 Å². The first-order chi connectivity index (χ1) is 15.7. The van der Waals surface area contributed by atoms with E-state index in [2.05, 4.69) is 30.2 Å². The van der Waals surface area contributed by atoms with E-state index in [0.717, 1.165) is 11.1 Å². The molecule has 0 radical (unpaired) electrons. The predicted octanol–water partition coefficient (Wildman–Crippen LogP) is 5.76. The smallest absolute Gasteiger partial charge is 0.290 e. The van der Waals surface area contributed by atoms with Crippen LogP contribution in [0.15, 0.2) is 42.5 Å². The van der Waals surface area contributed by atoms with Gasteiger partial charge in [-0.2, -0.15) is 5.26 Å². The van der Waals surface area contributed by atoms with Crippen molar-refractivity contribution in [1.82, 2.24) is 0 Å². The number of thiophene rings is 1. The van der Waals surface area contributed by atoms with Gasteiger partial charge in [-0.3, -0.25) is 10.5 Å². The number of H-pyrrole nitrogens is 1. The van der Waals surface area contributed by atoms with Crippen LogP contribution >= 0.6 is 22.9 Å². The first kappa shape index (κ1) is 22.6. The highest BCUT2D eigenvalue weighted by Crippen LogP contribution is 2.41. The molecule has 0 unspecified atom stereocenters. The molecule has 0 atom stereocenters. The minimum absolute atomic E-state index is 0.228. The SMILES string of the molecule is Cc1ccc(NC(=O)c2sc3[nH+]c(N)c(C#N)c(-c4ccc(C(C)C)cc4)c3c2N)cc1Cl. The van der Waals surface area contributed by atoms with Crippen molar-refractivity contribution in [3.8, 4) is 17.2 Å². The second kappa shape index (κ2) is 8.74. The largest absolute Gasteiger partial charge is 0.397 e. The first-order valence-electron chi connectivity index (χ1n) is 10.4. The molecule has 4 rings (SSSR count). The van der Waals surface area contributed by atoms with Gasteiger partial charge in [0, 0.05) is 16.3 Å². The van der Waals surface area contributed by atoms with Gasteiger partial charge in [0.05, 0.1) is 11.1 Å². The molecule has 0 aliphatic carbocycles. The first-order valence-corrected chi connectivity index (χ1v) is 11.5. The Morgan fingerprint density at radius 2 is 1.88 bits per heavy atom. The standard InChI is InChI=1S/C25H22ClN5OS/c1-12(2)14-5-7-15(8-6-14)19-17(11-27)23(29)31-25-20(19)21(28)22(33-25)24(32)30-16-9-4-13(3)18(26)10-16/h4-10,12H,28H2,1-3H3,(H2,29,31)(H,30,32)/p+1. The molecule has 0 aliphatic heterocycles. The van der Waals surface area contributed by atoms with Gasteiger partial charge >= 0.3 is 0 Å². The normalized spacial score (nSPS) is 11.0. The molecule has 0 aliphatic rings. The predicted molar refractivity (Wildman–Crippen MR) is 136 cm³/mol. The highest BCUT2D eigenvalue weighted by atomic mass is 35.5. The number of nitrogens with zero attached hydrogens (tertiary/aromatic N) is 1. The molecule has 2 aromatic carbocycles. The number of nitrogens with two attached hydrogens (primary N) is 2. The lowest BCUT2D eigenvalue weighted by atomic mass is 9.94. The summed E-state index contributed by atoms with van der Waals surface area (Å²) in [5.41, 5.74) is 17.3. The summed E-state index contributed by atoms with van der Waals surface area (Å²) in [5, 5.41) is 13.8. The number of amides is 1. The lowest BCUT2D eigenvalue weighted by molar-refractivity contribution is -0.323. The van der Waals surface area contributed by atoms with E-state index < -0.39 is 0 Å². The Bertz CT molecular complexity index is 1430. The third kappa shape index (κ3) is 4.11. The molecule has 4 aromatic rings. The molecule has 1 amide bonds. The molecule has 0 bridgehead atoms. The van der Waals surface area contributed by atoms with Gasteiger partial charge in [-0.05, 0) is 41.7 Å². The second-order valence-electron chi connectivity index (χ2n) is 8.14. The van der Waals surface area contributed by atoms with Crippen molar-refractivity contribution in [3.63, 3.8) is 0 Å². The number of benzene rings is 2.